The molecule has 0 aliphatic rings. The second-order valence-corrected chi connectivity index (χ2v) is 4.96. The maximum absolute atomic E-state index is 11.8. The van der Waals surface area contributed by atoms with E-state index in [2.05, 4.69) is 20.8 Å². The summed E-state index contributed by atoms with van der Waals surface area (Å²) in [5.74, 6) is -0.112. The van der Waals surface area contributed by atoms with E-state index in [4.69, 9.17) is 9.78 Å². The van der Waals surface area contributed by atoms with Gasteiger partial charge in [-0.2, -0.15) is 4.89 Å². The number of benzene rings is 1. The molecule has 0 amide bonds. The summed E-state index contributed by atoms with van der Waals surface area (Å²) in [6.45, 7) is 7.97. The zero-order valence-electron chi connectivity index (χ0n) is 12.7. The predicted octanol–water partition coefficient (Wildman–Crippen LogP) is 4.72. The minimum Gasteiger partial charge on any atom is -0.292 e. The SMILES string of the molecule is CCCCC([CH]OOC(=O)c1ccc(CC)cc1)CC. The number of aryl methyl sites for hydroxylation is 1. The highest BCUT2D eigenvalue weighted by Gasteiger charge is 2.11. The van der Waals surface area contributed by atoms with E-state index in [-0.39, 0.29) is 0 Å². The van der Waals surface area contributed by atoms with Gasteiger partial charge in [-0.15, -0.1) is 0 Å². The third kappa shape index (κ3) is 5.74. The normalized spacial score (nSPS) is 12.2. The Labute approximate surface area is 122 Å². The lowest BCUT2D eigenvalue weighted by Crippen LogP contribution is -2.09. The van der Waals surface area contributed by atoms with Crippen LogP contribution in [0.25, 0.3) is 0 Å². The van der Waals surface area contributed by atoms with E-state index in [1.54, 1.807) is 18.7 Å². The molecule has 0 aliphatic heterocycles. The van der Waals surface area contributed by atoms with Gasteiger partial charge >= 0.3 is 5.97 Å². The monoisotopic (exact) mass is 277 g/mol. The zero-order chi connectivity index (χ0) is 14.8. The molecular formula is C17H25O3. The molecule has 1 aromatic carbocycles. The molecule has 0 fully saturated rings. The Kier molecular flexibility index (Phi) is 7.97. The Balaban J connectivity index is 2.34. The average molecular weight is 277 g/mol. The minimum absolute atomic E-state index is 0.338. The second-order valence-electron chi connectivity index (χ2n) is 4.96. The van der Waals surface area contributed by atoms with Crippen LogP contribution in [-0.4, -0.2) is 5.97 Å². The van der Waals surface area contributed by atoms with Crippen molar-refractivity contribution in [3.63, 3.8) is 0 Å². The molecule has 1 aromatic rings. The first-order chi connectivity index (χ1) is 9.71. The highest BCUT2D eigenvalue weighted by molar-refractivity contribution is 5.88. The molecule has 0 N–H and O–H groups in total. The van der Waals surface area contributed by atoms with Gasteiger partial charge in [-0.25, -0.2) is 4.79 Å². The van der Waals surface area contributed by atoms with E-state index in [0.717, 1.165) is 32.1 Å². The van der Waals surface area contributed by atoms with Gasteiger partial charge in [0.25, 0.3) is 0 Å². The van der Waals surface area contributed by atoms with Gasteiger partial charge in [-0.1, -0.05) is 52.2 Å². The zero-order valence-corrected chi connectivity index (χ0v) is 12.7. The van der Waals surface area contributed by atoms with Crippen LogP contribution >= 0.6 is 0 Å². The van der Waals surface area contributed by atoms with Gasteiger partial charge in [0.15, 0.2) is 0 Å². The fourth-order valence-electron chi connectivity index (χ4n) is 1.91. The number of hydrogen-bond donors (Lipinski definition) is 0. The first-order valence-electron chi connectivity index (χ1n) is 7.51. The fraction of sp³-hybridized carbons (Fsp3) is 0.529. The number of rotatable bonds is 9. The van der Waals surface area contributed by atoms with Crippen molar-refractivity contribution >= 4 is 5.97 Å². The van der Waals surface area contributed by atoms with Crippen LogP contribution in [-0.2, 0) is 16.2 Å². The molecule has 0 aromatic heterocycles. The summed E-state index contributed by atoms with van der Waals surface area (Å²) in [5, 5.41) is 0. The molecule has 1 radical (unpaired) electrons. The topological polar surface area (TPSA) is 35.5 Å². The predicted molar refractivity (Wildman–Crippen MR) is 79.9 cm³/mol. The van der Waals surface area contributed by atoms with Crippen molar-refractivity contribution in [2.24, 2.45) is 5.92 Å². The van der Waals surface area contributed by atoms with Crippen molar-refractivity contribution < 1.29 is 14.6 Å². The van der Waals surface area contributed by atoms with Crippen molar-refractivity contribution in [1.82, 2.24) is 0 Å². The van der Waals surface area contributed by atoms with Gasteiger partial charge in [0.2, 0.25) is 0 Å². The van der Waals surface area contributed by atoms with E-state index >= 15 is 0 Å². The van der Waals surface area contributed by atoms with E-state index < -0.39 is 5.97 Å². The van der Waals surface area contributed by atoms with Crippen molar-refractivity contribution in [3.05, 3.63) is 42.0 Å². The first kappa shape index (κ1) is 16.7. The molecule has 20 heavy (non-hydrogen) atoms. The Morgan fingerprint density at radius 3 is 2.45 bits per heavy atom. The lowest BCUT2D eigenvalue weighted by Gasteiger charge is -2.12. The first-order valence-corrected chi connectivity index (χ1v) is 7.51. The Morgan fingerprint density at radius 2 is 1.90 bits per heavy atom. The molecule has 0 bridgehead atoms. The van der Waals surface area contributed by atoms with E-state index in [1.165, 1.54) is 5.56 Å². The van der Waals surface area contributed by atoms with Gasteiger partial charge in [-0.05, 0) is 36.5 Å². The molecule has 1 atom stereocenters. The van der Waals surface area contributed by atoms with Gasteiger partial charge in [-0.3, -0.25) is 4.89 Å². The number of carbonyl (C=O) groups excluding carboxylic acids is 1. The second kappa shape index (κ2) is 9.54. The summed E-state index contributed by atoms with van der Waals surface area (Å²) in [6.07, 6.45) is 5.33. The summed E-state index contributed by atoms with van der Waals surface area (Å²) in [6, 6.07) is 7.38. The van der Waals surface area contributed by atoms with E-state index in [0.29, 0.717) is 11.5 Å². The number of unbranched alkanes of at least 4 members (excludes halogenated alkanes) is 1. The Hall–Kier alpha value is -1.35. The molecule has 3 heteroatoms. The quantitative estimate of drug-likeness (QED) is 0.484. The number of carbonyl (C=O) groups is 1. The maximum atomic E-state index is 11.8. The van der Waals surface area contributed by atoms with E-state index in [9.17, 15) is 4.79 Å². The van der Waals surface area contributed by atoms with Crippen LogP contribution in [0.4, 0.5) is 0 Å². The summed E-state index contributed by atoms with van der Waals surface area (Å²) in [4.78, 5) is 21.6. The van der Waals surface area contributed by atoms with E-state index in [1.807, 2.05) is 12.1 Å². The summed E-state index contributed by atoms with van der Waals surface area (Å²) in [5.41, 5.74) is 1.71. The molecule has 0 heterocycles. The van der Waals surface area contributed by atoms with Crippen LogP contribution in [0.5, 0.6) is 0 Å². The summed E-state index contributed by atoms with van der Waals surface area (Å²) in [7, 11) is 0. The van der Waals surface area contributed by atoms with Crippen LogP contribution in [0.3, 0.4) is 0 Å². The van der Waals surface area contributed by atoms with Crippen LogP contribution in [0.2, 0.25) is 0 Å². The fourth-order valence-corrected chi connectivity index (χ4v) is 1.91. The molecule has 0 saturated heterocycles. The molecule has 1 unspecified atom stereocenters. The van der Waals surface area contributed by atoms with Gasteiger partial charge in [0.05, 0.1) is 5.56 Å². The largest absolute Gasteiger partial charge is 0.373 e. The Bertz CT molecular complexity index is 384. The lowest BCUT2D eigenvalue weighted by atomic mass is 10.0. The van der Waals surface area contributed by atoms with Crippen molar-refractivity contribution in [3.8, 4) is 0 Å². The van der Waals surface area contributed by atoms with Gasteiger partial charge < -0.3 is 0 Å². The Morgan fingerprint density at radius 1 is 1.20 bits per heavy atom. The summed E-state index contributed by atoms with van der Waals surface area (Å²) >= 11 is 0. The molecular weight excluding hydrogens is 252 g/mol. The molecule has 0 spiro atoms. The molecule has 111 valence electrons. The van der Waals surface area contributed by atoms with Crippen molar-refractivity contribution in [1.29, 1.82) is 0 Å². The molecule has 3 nitrogen and oxygen atoms in total. The van der Waals surface area contributed by atoms with Crippen LogP contribution in [0.15, 0.2) is 24.3 Å². The highest BCUT2D eigenvalue weighted by atomic mass is 17.2. The highest BCUT2D eigenvalue weighted by Crippen LogP contribution is 2.16. The van der Waals surface area contributed by atoms with Gasteiger partial charge in [0.1, 0.15) is 6.61 Å². The molecule has 0 saturated carbocycles. The average Bonchev–Trinajstić information content (AvgIpc) is 2.50. The van der Waals surface area contributed by atoms with Gasteiger partial charge in [0, 0.05) is 0 Å². The van der Waals surface area contributed by atoms with Crippen LogP contribution in [0.1, 0.15) is 62.4 Å². The standard InChI is InChI=1S/C17H25O3/c1-4-7-8-15(6-3)13-19-20-17(18)16-11-9-14(5-2)10-12-16/h9-13,15H,4-8H2,1-3H3. The lowest BCUT2D eigenvalue weighted by molar-refractivity contribution is -0.219. The van der Waals surface area contributed by atoms with Crippen molar-refractivity contribution in [2.45, 2.75) is 52.9 Å². The maximum Gasteiger partial charge on any atom is 0.373 e. The van der Waals surface area contributed by atoms with Crippen molar-refractivity contribution in [2.75, 3.05) is 0 Å². The molecule has 1 rings (SSSR count). The summed E-state index contributed by atoms with van der Waals surface area (Å²) < 4.78 is 0. The third-order valence-corrected chi connectivity index (χ3v) is 3.42. The van der Waals surface area contributed by atoms with Crippen LogP contribution in [0, 0.1) is 12.5 Å². The van der Waals surface area contributed by atoms with Crippen LogP contribution < -0.4 is 0 Å². The number of hydrogen-bond acceptors (Lipinski definition) is 3. The minimum atomic E-state index is -0.450. The third-order valence-electron chi connectivity index (χ3n) is 3.42. The molecule has 0 aliphatic carbocycles. The smallest absolute Gasteiger partial charge is 0.292 e.